The van der Waals surface area contributed by atoms with Crippen molar-refractivity contribution in [3.63, 3.8) is 0 Å². The molecular formula is C30H37N5O3. The summed E-state index contributed by atoms with van der Waals surface area (Å²) < 4.78 is 13.5. The molecule has 1 saturated heterocycles. The number of aromatic nitrogens is 2. The van der Waals surface area contributed by atoms with Crippen LogP contribution in [-0.4, -0.2) is 47.2 Å². The number of hydrogen-bond acceptors (Lipinski definition) is 6. The minimum absolute atomic E-state index is 0.146. The zero-order chi connectivity index (χ0) is 27.1. The van der Waals surface area contributed by atoms with E-state index in [4.69, 9.17) is 15.2 Å². The van der Waals surface area contributed by atoms with Crippen LogP contribution in [0.25, 0.3) is 0 Å². The van der Waals surface area contributed by atoms with Gasteiger partial charge >= 0.3 is 0 Å². The Kier molecular flexibility index (Phi) is 8.82. The van der Waals surface area contributed by atoms with Gasteiger partial charge in [0.1, 0.15) is 17.6 Å². The van der Waals surface area contributed by atoms with Gasteiger partial charge < -0.3 is 24.7 Å². The topological polar surface area (TPSA) is 106 Å². The highest BCUT2D eigenvalue weighted by Gasteiger charge is 2.42. The Hall–Kier alpha value is -3.67. The lowest BCUT2D eigenvalue weighted by atomic mass is 9.73. The van der Waals surface area contributed by atoms with Gasteiger partial charge in [0.05, 0.1) is 23.9 Å². The van der Waals surface area contributed by atoms with Gasteiger partial charge in [-0.3, -0.25) is 4.79 Å². The van der Waals surface area contributed by atoms with E-state index in [1.54, 1.807) is 25.7 Å². The van der Waals surface area contributed by atoms with Gasteiger partial charge in [0.15, 0.2) is 0 Å². The first kappa shape index (κ1) is 27.4. The molecule has 2 aromatic carbocycles. The number of ether oxygens (including phenoxy) is 2. The molecule has 1 aliphatic rings. The Morgan fingerprint density at radius 1 is 1.24 bits per heavy atom. The van der Waals surface area contributed by atoms with Crippen LogP contribution in [0.2, 0.25) is 0 Å². The Morgan fingerprint density at radius 2 is 2.08 bits per heavy atom. The molecule has 2 heterocycles. The molecule has 3 aromatic rings. The molecule has 1 aromatic heterocycles. The number of methoxy groups -OCH3 is 1. The van der Waals surface area contributed by atoms with Crippen LogP contribution in [0.5, 0.6) is 11.5 Å². The van der Waals surface area contributed by atoms with Crippen molar-refractivity contribution in [3.8, 4) is 17.6 Å². The van der Waals surface area contributed by atoms with E-state index >= 15 is 0 Å². The fraction of sp³-hybridized carbons (Fsp3) is 0.433. The summed E-state index contributed by atoms with van der Waals surface area (Å²) in [6.45, 7) is 3.93. The van der Waals surface area contributed by atoms with Crippen LogP contribution in [0.15, 0.2) is 55.0 Å². The number of aryl methyl sites for hydroxylation is 1. The molecule has 8 nitrogen and oxygen atoms in total. The molecule has 0 aliphatic carbocycles. The van der Waals surface area contributed by atoms with Gasteiger partial charge in [0.2, 0.25) is 5.91 Å². The minimum atomic E-state index is -0.616. The van der Waals surface area contributed by atoms with Crippen molar-refractivity contribution in [2.45, 2.75) is 50.5 Å². The van der Waals surface area contributed by atoms with Crippen LogP contribution in [0.1, 0.15) is 61.0 Å². The first-order chi connectivity index (χ1) is 18.4. The average molecular weight is 516 g/mol. The average Bonchev–Trinajstić information content (AvgIpc) is 3.26. The number of benzene rings is 2. The van der Waals surface area contributed by atoms with Crippen molar-refractivity contribution in [3.05, 3.63) is 77.4 Å². The van der Waals surface area contributed by atoms with Crippen LogP contribution in [0.3, 0.4) is 0 Å². The van der Waals surface area contributed by atoms with E-state index in [1.807, 2.05) is 52.9 Å². The van der Waals surface area contributed by atoms with Crippen LogP contribution in [-0.2, 0) is 28.4 Å². The number of rotatable bonds is 10. The summed E-state index contributed by atoms with van der Waals surface area (Å²) in [6, 6.07) is 15.1. The van der Waals surface area contributed by atoms with Gasteiger partial charge in [-0.15, -0.1) is 0 Å². The summed E-state index contributed by atoms with van der Waals surface area (Å²) in [5.74, 6) is 1.18. The number of hydrogen-bond donors (Lipinski definition) is 1. The third-order valence-electron chi connectivity index (χ3n) is 7.66. The summed E-state index contributed by atoms with van der Waals surface area (Å²) >= 11 is 0. The predicted molar refractivity (Wildman–Crippen MR) is 146 cm³/mol. The smallest absolute Gasteiger partial charge is 0.233 e. The number of amides is 1. The fourth-order valence-electron chi connectivity index (χ4n) is 5.31. The Morgan fingerprint density at radius 3 is 2.79 bits per heavy atom. The van der Waals surface area contributed by atoms with E-state index in [0.29, 0.717) is 43.1 Å². The summed E-state index contributed by atoms with van der Waals surface area (Å²) in [4.78, 5) is 19.9. The normalized spacial score (nSPS) is 18.6. The molecule has 0 saturated carbocycles. The van der Waals surface area contributed by atoms with Gasteiger partial charge in [-0.1, -0.05) is 31.5 Å². The molecule has 200 valence electrons. The first-order valence-corrected chi connectivity index (χ1v) is 13.2. The number of nitrogens with zero attached hydrogens (tertiary/aromatic N) is 4. The van der Waals surface area contributed by atoms with Crippen molar-refractivity contribution in [2.24, 2.45) is 12.8 Å². The molecule has 0 spiro atoms. The summed E-state index contributed by atoms with van der Waals surface area (Å²) in [6.07, 6.45) is 7.60. The van der Waals surface area contributed by atoms with Crippen LogP contribution < -0.4 is 10.5 Å². The minimum Gasteiger partial charge on any atom is -0.456 e. The summed E-state index contributed by atoms with van der Waals surface area (Å²) in [7, 11) is 3.60. The van der Waals surface area contributed by atoms with Crippen LogP contribution >= 0.6 is 0 Å². The van der Waals surface area contributed by atoms with Crippen LogP contribution in [0.4, 0.5) is 0 Å². The SMILES string of the molecule is CC[C@]1(c2cccc(Oc3cc(C(N)Cc4cncn4C)ccc3C#N)c2)CCCCN(CCOC)C1=O. The quantitative estimate of drug-likeness (QED) is 0.422. The number of carbonyl (C=O) groups excluding carboxylic acids is 1. The van der Waals surface area contributed by atoms with Crippen molar-refractivity contribution in [1.82, 2.24) is 14.5 Å². The van der Waals surface area contributed by atoms with E-state index in [1.165, 1.54) is 0 Å². The molecule has 1 amide bonds. The van der Waals surface area contributed by atoms with Crippen molar-refractivity contribution in [2.75, 3.05) is 26.8 Å². The molecule has 8 heteroatoms. The number of nitrogens with two attached hydrogens (primary N) is 1. The highest BCUT2D eigenvalue weighted by atomic mass is 16.5. The predicted octanol–water partition coefficient (Wildman–Crippen LogP) is 4.63. The standard InChI is InChI=1S/C30H37N5O3/c1-4-30(12-5-6-13-35(29(30)36)14-15-37-3)24-8-7-9-26(17-24)38-28-16-22(10-11-23(28)19-31)27(32)18-25-20-33-21-34(25)2/h7-11,16-17,20-21,27H,4-6,12-15,18,32H2,1-3H3/t27?,30-/m1/s1. The lowest BCUT2D eigenvalue weighted by molar-refractivity contribution is -0.137. The maximum Gasteiger partial charge on any atom is 0.233 e. The second kappa shape index (κ2) is 12.2. The molecule has 1 fully saturated rings. The Balaban J connectivity index is 1.62. The lowest BCUT2D eigenvalue weighted by Gasteiger charge is -2.35. The number of carbonyl (C=O) groups is 1. The third-order valence-corrected chi connectivity index (χ3v) is 7.66. The third kappa shape index (κ3) is 5.74. The van der Waals surface area contributed by atoms with Crippen molar-refractivity contribution in [1.29, 1.82) is 5.26 Å². The second-order valence-electron chi connectivity index (χ2n) is 9.98. The monoisotopic (exact) mass is 515 g/mol. The number of nitriles is 1. The maximum atomic E-state index is 13.8. The number of likely N-dealkylation sites (tertiary alicyclic amines) is 1. The van der Waals surface area contributed by atoms with Crippen LogP contribution in [0, 0.1) is 11.3 Å². The first-order valence-electron chi connectivity index (χ1n) is 13.2. The van der Waals surface area contributed by atoms with Gasteiger partial charge in [-0.05, 0) is 54.7 Å². The fourth-order valence-corrected chi connectivity index (χ4v) is 5.31. The lowest BCUT2D eigenvalue weighted by Crippen LogP contribution is -2.46. The molecule has 4 rings (SSSR count). The molecule has 0 bridgehead atoms. The molecule has 38 heavy (non-hydrogen) atoms. The van der Waals surface area contributed by atoms with Gasteiger partial charge in [-0.2, -0.15) is 5.26 Å². The maximum absolute atomic E-state index is 13.8. The van der Waals surface area contributed by atoms with E-state index in [-0.39, 0.29) is 11.9 Å². The molecule has 1 aliphatic heterocycles. The number of imidazole rings is 1. The van der Waals surface area contributed by atoms with Crippen molar-refractivity contribution >= 4 is 5.91 Å². The highest BCUT2D eigenvalue weighted by molar-refractivity contribution is 5.88. The van der Waals surface area contributed by atoms with E-state index < -0.39 is 5.41 Å². The van der Waals surface area contributed by atoms with E-state index in [2.05, 4.69) is 18.0 Å². The summed E-state index contributed by atoms with van der Waals surface area (Å²) in [5.41, 5.74) is 9.15. The second-order valence-corrected chi connectivity index (χ2v) is 9.98. The highest BCUT2D eigenvalue weighted by Crippen LogP contribution is 2.40. The van der Waals surface area contributed by atoms with Crippen molar-refractivity contribution < 1.29 is 14.3 Å². The zero-order valence-corrected chi connectivity index (χ0v) is 22.5. The molecule has 1 unspecified atom stereocenters. The molecule has 2 N–H and O–H groups in total. The van der Waals surface area contributed by atoms with Gasteiger partial charge in [0, 0.05) is 51.6 Å². The molecular weight excluding hydrogens is 478 g/mol. The summed E-state index contributed by atoms with van der Waals surface area (Å²) in [5, 5.41) is 9.74. The van der Waals surface area contributed by atoms with Gasteiger partial charge in [-0.25, -0.2) is 4.98 Å². The molecule has 0 radical (unpaired) electrons. The molecule has 2 atom stereocenters. The Labute approximate surface area is 225 Å². The zero-order valence-electron chi connectivity index (χ0n) is 22.5. The largest absolute Gasteiger partial charge is 0.456 e. The Bertz CT molecular complexity index is 1300. The van der Waals surface area contributed by atoms with E-state index in [9.17, 15) is 10.1 Å². The van der Waals surface area contributed by atoms with Gasteiger partial charge in [0.25, 0.3) is 0 Å². The van der Waals surface area contributed by atoms with E-state index in [0.717, 1.165) is 42.6 Å².